The maximum atomic E-state index is 8.77. The van der Waals surface area contributed by atoms with Gasteiger partial charge < -0.3 is 9.99 Å². The zero-order valence-electron chi connectivity index (χ0n) is 11.5. The number of pyridine rings is 1. The summed E-state index contributed by atoms with van der Waals surface area (Å²) in [6, 6.07) is 4.25. The number of nitrogens with one attached hydrogen (secondary N) is 1. The first-order valence-corrected chi connectivity index (χ1v) is 7.00. The van der Waals surface area contributed by atoms with Crippen molar-refractivity contribution >= 4 is 22.1 Å². The number of fused-ring (bicyclic) bond motifs is 3. The number of H-pyrrole nitrogens is 1. The molecule has 3 aromatic rings. The van der Waals surface area contributed by atoms with Gasteiger partial charge in [0.05, 0.1) is 18.8 Å². The molecule has 7 heteroatoms. The lowest BCUT2D eigenvalue weighted by atomic mass is 10.3. The highest BCUT2D eigenvalue weighted by Gasteiger charge is 2.19. The summed E-state index contributed by atoms with van der Waals surface area (Å²) < 4.78 is 2.12. The van der Waals surface area contributed by atoms with Crippen LogP contribution in [0.2, 0.25) is 0 Å². The summed E-state index contributed by atoms with van der Waals surface area (Å²) in [4.78, 5) is 14.1. The maximum Gasteiger partial charge on any atom is 0.139 e. The average molecular weight is 281 g/mol. The number of hydrogen-bond acceptors (Lipinski definition) is 5. The lowest BCUT2D eigenvalue weighted by Gasteiger charge is -2.35. The molecule has 1 aliphatic heterocycles. The van der Waals surface area contributed by atoms with Crippen molar-refractivity contribution in [3.8, 4) is 6.07 Å². The molecule has 106 valence electrons. The van der Waals surface area contributed by atoms with Gasteiger partial charge in [-0.3, -0.25) is 4.90 Å². The standard InChI is InChI=1S/C14H15N7/c15-2-4-19-5-7-20(8-6-19)21-10-18-12-9-17-14-11(13(12)21)1-3-16-14/h1,3,9-10H,4-8H2,(H,16,17). The molecule has 1 saturated heterocycles. The Morgan fingerprint density at radius 3 is 2.90 bits per heavy atom. The minimum Gasteiger partial charge on any atom is -0.346 e. The largest absolute Gasteiger partial charge is 0.346 e. The Kier molecular flexibility index (Phi) is 2.75. The predicted molar refractivity (Wildman–Crippen MR) is 79.4 cm³/mol. The first-order chi connectivity index (χ1) is 10.4. The van der Waals surface area contributed by atoms with Gasteiger partial charge in [-0.1, -0.05) is 0 Å². The van der Waals surface area contributed by atoms with Crippen molar-refractivity contribution in [3.05, 3.63) is 24.8 Å². The van der Waals surface area contributed by atoms with Gasteiger partial charge in [-0.05, 0) is 6.07 Å². The summed E-state index contributed by atoms with van der Waals surface area (Å²) in [5, 5.41) is 12.1. The van der Waals surface area contributed by atoms with Crippen LogP contribution in [0.5, 0.6) is 0 Å². The summed E-state index contributed by atoms with van der Waals surface area (Å²) in [6.45, 7) is 4.08. The molecular formula is C14H15N7. The van der Waals surface area contributed by atoms with E-state index in [1.165, 1.54) is 0 Å². The minimum atomic E-state index is 0.504. The molecule has 0 bridgehead atoms. The lowest BCUT2D eigenvalue weighted by Crippen LogP contribution is -2.50. The number of aromatic amines is 1. The lowest BCUT2D eigenvalue weighted by molar-refractivity contribution is 0.267. The van der Waals surface area contributed by atoms with E-state index in [4.69, 9.17) is 5.26 Å². The van der Waals surface area contributed by atoms with E-state index in [0.717, 1.165) is 48.2 Å². The summed E-state index contributed by atoms with van der Waals surface area (Å²) in [6.07, 6.45) is 5.56. The van der Waals surface area contributed by atoms with Crippen molar-refractivity contribution in [2.24, 2.45) is 0 Å². The minimum absolute atomic E-state index is 0.504. The molecule has 0 saturated carbocycles. The van der Waals surface area contributed by atoms with Crippen LogP contribution in [0.3, 0.4) is 0 Å². The number of nitrogens with zero attached hydrogens (tertiary/aromatic N) is 6. The van der Waals surface area contributed by atoms with E-state index < -0.39 is 0 Å². The van der Waals surface area contributed by atoms with E-state index >= 15 is 0 Å². The normalized spacial score (nSPS) is 16.6. The molecule has 0 aliphatic carbocycles. The molecule has 4 rings (SSSR count). The molecule has 0 spiro atoms. The zero-order valence-corrected chi connectivity index (χ0v) is 11.5. The molecular weight excluding hydrogens is 266 g/mol. The Balaban J connectivity index is 1.71. The van der Waals surface area contributed by atoms with Crippen molar-refractivity contribution < 1.29 is 0 Å². The van der Waals surface area contributed by atoms with Gasteiger partial charge in [0.1, 0.15) is 23.0 Å². The van der Waals surface area contributed by atoms with Crippen LogP contribution in [0, 0.1) is 11.3 Å². The van der Waals surface area contributed by atoms with Crippen LogP contribution in [0.1, 0.15) is 0 Å². The quantitative estimate of drug-likeness (QED) is 0.699. The highest BCUT2D eigenvalue weighted by molar-refractivity contribution is 6.01. The molecule has 1 N–H and O–H groups in total. The third-order valence-corrected chi connectivity index (χ3v) is 4.02. The Labute approximate surface area is 121 Å². The molecule has 7 nitrogen and oxygen atoms in total. The fourth-order valence-corrected chi connectivity index (χ4v) is 2.92. The van der Waals surface area contributed by atoms with E-state index in [9.17, 15) is 0 Å². The van der Waals surface area contributed by atoms with Crippen LogP contribution in [0.4, 0.5) is 0 Å². The molecule has 3 aromatic heterocycles. The van der Waals surface area contributed by atoms with Gasteiger partial charge in [0.15, 0.2) is 0 Å². The van der Waals surface area contributed by atoms with Crippen molar-refractivity contribution in [2.45, 2.75) is 0 Å². The Morgan fingerprint density at radius 1 is 1.24 bits per heavy atom. The van der Waals surface area contributed by atoms with E-state index in [1.54, 1.807) is 6.20 Å². The monoisotopic (exact) mass is 281 g/mol. The van der Waals surface area contributed by atoms with Gasteiger partial charge in [-0.2, -0.15) is 5.26 Å². The fraction of sp³-hybridized carbons (Fsp3) is 0.357. The Hall–Kier alpha value is -2.59. The summed E-state index contributed by atoms with van der Waals surface area (Å²) in [7, 11) is 0. The van der Waals surface area contributed by atoms with E-state index in [1.807, 2.05) is 18.6 Å². The summed E-state index contributed by atoms with van der Waals surface area (Å²) in [5.74, 6) is 0. The van der Waals surface area contributed by atoms with Gasteiger partial charge in [0, 0.05) is 37.8 Å². The smallest absolute Gasteiger partial charge is 0.139 e. The van der Waals surface area contributed by atoms with Crippen LogP contribution < -0.4 is 5.01 Å². The third-order valence-electron chi connectivity index (χ3n) is 4.02. The van der Waals surface area contributed by atoms with Crippen molar-refractivity contribution in [2.75, 3.05) is 37.7 Å². The average Bonchev–Trinajstić information content (AvgIpc) is 3.14. The first kappa shape index (κ1) is 12.2. The molecule has 4 heterocycles. The second kappa shape index (κ2) is 4.75. The molecule has 0 aromatic carbocycles. The third kappa shape index (κ3) is 1.92. The van der Waals surface area contributed by atoms with Crippen molar-refractivity contribution in [1.82, 2.24) is 24.5 Å². The number of aromatic nitrogens is 4. The Bertz CT molecular complexity index is 817. The maximum absolute atomic E-state index is 8.77. The van der Waals surface area contributed by atoms with Crippen LogP contribution in [0.15, 0.2) is 24.8 Å². The number of imidazole rings is 1. The molecule has 1 fully saturated rings. The summed E-state index contributed by atoms with van der Waals surface area (Å²) >= 11 is 0. The number of piperazine rings is 1. The van der Waals surface area contributed by atoms with Gasteiger partial charge in [-0.25, -0.2) is 14.6 Å². The van der Waals surface area contributed by atoms with Crippen LogP contribution in [0.25, 0.3) is 22.1 Å². The van der Waals surface area contributed by atoms with Gasteiger partial charge in [-0.15, -0.1) is 0 Å². The summed E-state index contributed by atoms with van der Waals surface area (Å²) in [5.41, 5.74) is 2.88. The Morgan fingerprint density at radius 2 is 2.10 bits per heavy atom. The molecule has 0 unspecified atom stereocenters. The highest BCUT2D eigenvalue weighted by Crippen LogP contribution is 2.22. The van der Waals surface area contributed by atoms with Crippen LogP contribution in [-0.4, -0.2) is 57.3 Å². The molecule has 21 heavy (non-hydrogen) atoms. The highest BCUT2D eigenvalue weighted by atomic mass is 15.6. The second-order valence-electron chi connectivity index (χ2n) is 5.21. The van der Waals surface area contributed by atoms with Gasteiger partial charge in [0.2, 0.25) is 0 Å². The van der Waals surface area contributed by atoms with E-state index in [0.29, 0.717) is 6.54 Å². The van der Waals surface area contributed by atoms with Crippen molar-refractivity contribution in [3.63, 3.8) is 0 Å². The number of rotatable bonds is 2. The predicted octanol–water partition coefficient (Wildman–Crippen LogP) is 0.690. The van der Waals surface area contributed by atoms with E-state index in [-0.39, 0.29) is 0 Å². The second-order valence-corrected chi connectivity index (χ2v) is 5.21. The van der Waals surface area contributed by atoms with Crippen LogP contribution in [-0.2, 0) is 0 Å². The van der Waals surface area contributed by atoms with Crippen LogP contribution >= 0.6 is 0 Å². The first-order valence-electron chi connectivity index (χ1n) is 7.00. The molecule has 1 aliphatic rings. The SMILES string of the molecule is N#CCN1CCN(n2cnc3cnc4[nH]ccc4c32)CC1. The zero-order chi connectivity index (χ0) is 14.2. The fourth-order valence-electron chi connectivity index (χ4n) is 2.92. The van der Waals surface area contributed by atoms with E-state index in [2.05, 4.69) is 35.6 Å². The molecule has 0 atom stereocenters. The van der Waals surface area contributed by atoms with Gasteiger partial charge in [0.25, 0.3) is 0 Å². The van der Waals surface area contributed by atoms with Crippen molar-refractivity contribution in [1.29, 1.82) is 5.26 Å². The van der Waals surface area contributed by atoms with Gasteiger partial charge >= 0.3 is 0 Å². The topological polar surface area (TPSA) is 76.8 Å². The number of hydrogen-bond donors (Lipinski definition) is 1. The molecule has 0 amide bonds. The number of nitriles is 1. The molecule has 0 radical (unpaired) electrons.